The molecule has 1 aromatic carbocycles. The van der Waals surface area contributed by atoms with Gasteiger partial charge >= 0.3 is 0 Å². The Morgan fingerprint density at radius 3 is 2.12 bits per heavy atom. The van der Waals surface area contributed by atoms with Gasteiger partial charge in [0.25, 0.3) is 0 Å². The lowest BCUT2D eigenvalue weighted by atomic mass is 9.99. The summed E-state index contributed by atoms with van der Waals surface area (Å²) in [5, 5.41) is 9.30. The average molecular weight is 322 g/mol. The highest BCUT2D eigenvalue weighted by Crippen LogP contribution is 2.24. The first-order valence-electron chi connectivity index (χ1n) is 8.89. The topological polar surface area (TPSA) is 27.0 Å². The minimum Gasteiger partial charge on any atom is -0.372 e. The van der Waals surface area contributed by atoms with Gasteiger partial charge in [-0.3, -0.25) is 0 Å². The van der Waals surface area contributed by atoms with Gasteiger partial charge < -0.3 is 4.90 Å². The molecule has 1 aromatic rings. The van der Waals surface area contributed by atoms with E-state index in [2.05, 4.69) is 62.6 Å². The van der Waals surface area contributed by atoms with Crippen molar-refractivity contribution in [3.8, 4) is 6.07 Å². The van der Waals surface area contributed by atoms with E-state index in [-0.39, 0.29) is 0 Å². The van der Waals surface area contributed by atoms with Crippen LogP contribution < -0.4 is 4.90 Å². The van der Waals surface area contributed by atoms with Gasteiger partial charge in [0, 0.05) is 24.4 Å². The number of allylic oxidation sites excluding steroid dienone is 5. The molecule has 0 spiro atoms. The van der Waals surface area contributed by atoms with Crippen molar-refractivity contribution in [3.63, 3.8) is 0 Å². The smallest absolute Gasteiger partial charge is 0.0950 e. The summed E-state index contributed by atoms with van der Waals surface area (Å²) >= 11 is 0. The lowest BCUT2D eigenvalue weighted by Gasteiger charge is -2.24. The van der Waals surface area contributed by atoms with E-state index < -0.39 is 0 Å². The van der Waals surface area contributed by atoms with Crippen LogP contribution >= 0.6 is 0 Å². The van der Waals surface area contributed by atoms with E-state index in [1.807, 2.05) is 19.1 Å². The summed E-state index contributed by atoms with van der Waals surface area (Å²) in [6.07, 6.45) is 7.21. The molecule has 0 N–H and O–H groups in total. The zero-order valence-electron chi connectivity index (χ0n) is 15.6. The fraction of sp³-hybridized carbons (Fsp3) is 0.409. The van der Waals surface area contributed by atoms with Crippen molar-refractivity contribution in [3.05, 3.63) is 59.7 Å². The van der Waals surface area contributed by atoms with Crippen LogP contribution in [0.3, 0.4) is 0 Å². The van der Waals surface area contributed by atoms with Crippen LogP contribution in [0, 0.1) is 11.3 Å². The molecule has 0 aromatic heterocycles. The normalized spacial score (nSPS) is 12.0. The Bertz CT molecular complexity index is 621. The van der Waals surface area contributed by atoms with Gasteiger partial charge in [0.2, 0.25) is 0 Å². The van der Waals surface area contributed by atoms with Gasteiger partial charge in [0.15, 0.2) is 0 Å². The minimum atomic E-state index is 0.724. The van der Waals surface area contributed by atoms with E-state index in [1.54, 1.807) is 0 Å². The maximum absolute atomic E-state index is 9.30. The van der Waals surface area contributed by atoms with Gasteiger partial charge in [0.05, 0.1) is 6.07 Å². The van der Waals surface area contributed by atoms with Gasteiger partial charge in [-0.2, -0.15) is 5.26 Å². The third kappa shape index (κ3) is 5.74. The number of benzene rings is 1. The summed E-state index contributed by atoms with van der Waals surface area (Å²) in [7, 11) is 0. The van der Waals surface area contributed by atoms with Crippen LogP contribution in [0.4, 0.5) is 5.69 Å². The van der Waals surface area contributed by atoms with E-state index >= 15 is 0 Å². The Morgan fingerprint density at radius 1 is 1.08 bits per heavy atom. The highest BCUT2D eigenvalue weighted by molar-refractivity contribution is 5.79. The van der Waals surface area contributed by atoms with Crippen LogP contribution in [0.5, 0.6) is 0 Å². The molecule has 24 heavy (non-hydrogen) atoms. The molecule has 0 fully saturated rings. The summed E-state index contributed by atoms with van der Waals surface area (Å²) in [4.78, 5) is 2.42. The second-order valence-corrected chi connectivity index (χ2v) is 6.03. The summed E-state index contributed by atoms with van der Waals surface area (Å²) in [6.45, 7) is 14.5. The summed E-state index contributed by atoms with van der Waals surface area (Å²) in [5.74, 6) is 0. The van der Waals surface area contributed by atoms with Crippen LogP contribution in [0.15, 0.2) is 54.1 Å². The van der Waals surface area contributed by atoms with Crippen LogP contribution in [0.2, 0.25) is 0 Å². The molecule has 0 aliphatic heterocycles. The fourth-order valence-electron chi connectivity index (χ4n) is 2.58. The van der Waals surface area contributed by atoms with Crippen molar-refractivity contribution >= 4 is 11.3 Å². The molecule has 0 saturated carbocycles. The Hall–Kier alpha value is -2.27. The zero-order chi connectivity index (χ0) is 17.9. The average Bonchev–Trinajstić information content (AvgIpc) is 2.61. The first-order valence-corrected chi connectivity index (χ1v) is 8.89. The fourth-order valence-corrected chi connectivity index (χ4v) is 2.58. The lowest BCUT2D eigenvalue weighted by Crippen LogP contribution is -2.24. The van der Waals surface area contributed by atoms with Gasteiger partial charge in [-0.25, -0.2) is 0 Å². The van der Waals surface area contributed by atoms with E-state index in [4.69, 9.17) is 0 Å². The molecule has 0 atom stereocenters. The predicted molar refractivity (Wildman–Crippen MR) is 106 cm³/mol. The van der Waals surface area contributed by atoms with Crippen LogP contribution in [0.1, 0.15) is 52.5 Å². The summed E-state index contributed by atoms with van der Waals surface area (Å²) in [6, 6.07) is 10.8. The maximum atomic E-state index is 9.30. The second kappa shape index (κ2) is 10.5. The number of rotatable bonds is 9. The van der Waals surface area contributed by atoms with E-state index in [0.717, 1.165) is 54.6 Å². The number of nitriles is 1. The third-order valence-electron chi connectivity index (χ3n) is 4.04. The van der Waals surface area contributed by atoms with Crippen molar-refractivity contribution in [2.45, 2.75) is 47.0 Å². The Morgan fingerprint density at radius 2 is 1.67 bits per heavy atom. The highest BCUT2D eigenvalue weighted by Gasteiger charge is 2.07. The molecule has 1 rings (SSSR count). The largest absolute Gasteiger partial charge is 0.372 e. The van der Waals surface area contributed by atoms with Crippen LogP contribution in [-0.2, 0) is 0 Å². The molecule has 0 amide bonds. The molecule has 0 aliphatic rings. The first-order chi connectivity index (χ1) is 11.6. The van der Waals surface area contributed by atoms with Crippen LogP contribution in [0.25, 0.3) is 5.57 Å². The summed E-state index contributed by atoms with van der Waals surface area (Å²) in [5.41, 5.74) is 5.08. The molecule has 0 saturated heterocycles. The molecule has 0 bridgehead atoms. The summed E-state index contributed by atoms with van der Waals surface area (Å²) < 4.78 is 0. The van der Waals surface area contributed by atoms with Crippen molar-refractivity contribution in [1.82, 2.24) is 0 Å². The number of hydrogen-bond acceptors (Lipinski definition) is 2. The zero-order valence-corrected chi connectivity index (χ0v) is 15.6. The van der Waals surface area contributed by atoms with Crippen molar-refractivity contribution in [1.29, 1.82) is 5.26 Å². The van der Waals surface area contributed by atoms with Crippen molar-refractivity contribution in [2.75, 3.05) is 18.0 Å². The highest BCUT2D eigenvalue weighted by atomic mass is 15.1. The van der Waals surface area contributed by atoms with Crippen molar-refractivity contribution in [2.24, 2.45) is 0 Å². The number of nitrogens with zero attached hydrogens (tertiary/aromatic N) is 2. The second-order valence-electron chi connectivity index (χ2n) is 6.03. The Labute approximate surface area is 147 Å². The molecule has 128 valence electrons. The van der Waals surface area contributed by atoms with E-state index in [9.17, 15) is 5.26 Å². The molecule has 2 heteroatoms. The molecular formula is C22H30N2. The van der Waals surface area contributed by atoms with Gasteiger partial charge in [0.1, 0.15) is 0 Å². The molecule has 0 aliphatic carbocycles. The molecular weight excluding hydrogens is 292 g/mol. The first kappa shape index (κ1) is 19.8. The van der Waals surface area contributed by atoms with Crippen molar-refractivity contribution < 1.29 is 0 Å². The standard InChI is InChI=1S/C22H30N2/c1-6-15-24(16-7-2)21-12-10-20(11-13-21)22(19(5)17-23)14-9-18(4)8-3/h9-14H,4,6-8,15-16H2,1-3,5H3. The maximum Gasteiger partial charge on any atom is 0.0950 e. The van der Waals surface area contributed by atoms with Gasteiger partial charge in [-0.1, -0.05) is 57.2 Å². The van der Waals surface area contributed by atoms with Crippen LogP contribution in [-0.4, -0.2) is 13.1 Å². The van der Waals surface area contributed by atoms with E-state index in [1.165, 1.54) is 5.69 Å². The number of anilines is 1. The predicted octanol–water partition coefficient (Wildman–Crippen LogP) is 6.13. The lowest BCUT2D eigenvalue weighted by molar-refractivity contribution is 0.745. The Balaban J connectivity index is 3.12. The SMILES string of the molecule is C=C(C=CC(=C(C)C#N)c1ccc(N(CCC)CCC)cc1)CC. The third-order valence-corrected chi connectivity index (χ3v) is 4.04. The monoisotopic (exact) mass is 322 g/mol. The van der Waals surface area contributed by atoms with Gasteiger partial charge in [-0.15, -0.1) is 0 Å². The Kier molecular flexibility index (Phi) is 8.65. The number of hydrogen-bond donors (Lipinski definition) is 0. The quantitative estimate of drug-likeness (QED) is 0.404. The molecule has 2 nitrogen and oxygen atoms in total. The molecule has 0 heterocycles. The minimum absolute atomic E-state index is 0.724. The van der Waals surface area contributed by atoms with Gasteiger partial charge in [-0.05, 0) is 49.5 Å². The molecule has 0 unspecified atom stereocenters. The van der Waals surface area contributed by atoms with E-state index in [0.29, 0.717) is 0 Å². The molecule has 0 radical (unpaired) electrons.